The van der Waals surface area contributed by atoms with E-state index >= 15 is 0 Å². The number of nitrogens with zero attached hydrogens (tertiary/aromatic N) is 3. The first kappa shape index (κ1) is 18.6. The molecule has 0 spiro atoms. The van der Waals surface area contributed by atoms with Crippen molar-refractivity contribution in [1.29, 1.82) is 0 Å². The van der Waals surface area contributed by atoms with E-state index in [0.717, 1.165) is 35.6 Å². The molecule has 2 aliphatic heterocycles. The number of piperazine rings is 1. The van der Waals surface area contributed by atoms with Gasteiger partial charge in [-0.25, -0.2) is 9.29 Å². The van der Waals surface area contributed by atoms with Crippen molar-refractivity contribution >= 4 is 23.2 Å². The highest BCUT2D eigenvalue weighted by molar-refractivity contribution is 6.23. The van der Waals surface area contributed by atoms with Crippen molar-refractivity contribution in [3.8, 4) is 0 Å². The summed E-state index contributed by atoms with van der Waals surface area (Å²) in [6.07, 6.45) is 0.225. The van der Waals surface area contributed by atoms with Crippen LogP contribution >= 0.6 is 0 Å². The van der Waals surface area contributed by atoms with E-state index in [9.17, 15) is 14.0 Å². The molecular formula is C22H24FN3O2. The fourth-order valence-corrected chi connectivity index (χ4v) is 4.24. The molecule has 2 aliphatic rings. The number of hydrogen-bond donors (Lipinski definition) is 0. The van der Waals surface area contributed by atoms with Crippen LogP contribution in [-0.4, -0.2) is 48.9 Å². The lowest BCUT2D eigenvalue weighted by atomic mass is 10.1. The molecule has 0 saturated carbocycles. The summed E-state index contributed by atoms with van der Waals surface area (Å²) < 4.78 is 13.1. The van der Waals surface area contributed by atoms with E-state index in [2.05, 4.69) is 9.80 Å². The molecule has 2 fully saturated rings. The van der Waals surface area contributed by atoms with E-state index in [4.69, 9.17) is 0 Å². The molecule has 2 aromatic rings. The van der Waals surface area contributed by atoms with Gasteiger partial charge in [-0.1, -0.05) is 18.2 Å². The largest absolute Gasteiger partial charge is 0.369 e. The average Bonchev–Trinajstić information content (AvgIpc) is 2.97. The number of carbonyl (C=O) groups is 2. The van der Waals surface area contributed by atoms with Gasteiger partial charge >= 0.3 is 0 Å². The molecule has 2 amide bonds. The van der Waals surface area contributed by atoms with Crippen molar-refractivity contribution in [2.45, 2.75) is 26.3 Å². The predicted octanol–water partition coefficient (Wildman–Crippen LogP) is 2.90. The van der Waals surface area contributed by atoms with Gasteiger partial charge in [0, 0.05) is 31.9 Å². The van der Waals surface area contributed by atoms with Crippen LogP contribution in [0.5, 0.6) is 0 Å². The van der Waals surface area contributed by atoms with Crippen LogP contribution in [0.1, 0.15) is 17.5 Å². The third kappa shape index (κ3) is 3.29. The van der Waals surface area contributed by atoms with Crippen molar-refractivity contribution in [2.24, 2.45) is 0 Å². The Hall–Kier alpha value is -2.73. The molecule has 2 saturated heterocycles. The van der Waals surface area contributed by atoms with Gasteiger partial charge in [0.1, 0.15) is 5.82 Å². The smallest absolute Gasteiger partial charge is 0.251 e. The molecule has 0 aliphatic carbocycles. The zero-order valence-corrected chi connectivity index (χ0v) is 16.2. The van der Waals surface area contributed by atoms with Gasteiger partial charge in [-0.3, -0.25) is 14.5 Å². The van der Waals surface area contributed by atoms with Crippen LogP contribution < -0.4 is 9.80 Å². The molecule has 4 rings (SSSR count). The Bertz CT molecular complexity index is 884. The lowest BCUT2D eigenvalue weighted by Crippen LogP contribution is -2.52. The molecule has 28 heavy (non-hydrogen) atoms. The Morgan fingerprint density at radius 2 is 1.50 bits per heavy atom. The Morgan fingerprint density at radius 3 is 2.11 bits per heavy atom. The van der Waals surface area contributed by atoms with Gasteiger partial charge < -0.3 is 4.90 Å². The topological polar surface area (TPSA) is 43.9 Å². The molecule has 1 atom stereocenters. The maximum atomic E-state index is 13.1. The molecule has 0 aromatic heterocycles. The molecule has 5 nitrogen and oxygen atoms in total. The van der Waals surface area contributed by atoms with Gasteiger partial charge in [0.25, 0.3) is 5.91 Å². The van der Waals surface area contributed by atoms with Crippen LogP contribution in [0.2, 0.25) is 0 Å². The van der Waals surface area contributed by atoms with Crippen molar-refractivity contribution in [3.63, 3.8) is 0 Å². The highest BCUT2D eigenvalue weighted by atomic mass is 19.1. The average molecular weight is 381 g/mol. The Kier molecular flexibility index (Phi) is 4.89. The summed E-state index contributed by atoms with van der Waals surface area (Å²) in [6.45, 7) is 6.73. The molecule has 0 bridgehead atoms. The number of aryl methyl sites for hydroxylation is 2. The van der Waals surface area contributed by atoms with E-state index in [0.29, 0.717) is 13.1 Å². The number of carbonyl (C=O) groups excluding carboxylic acids is 2. The summed E-state index contributed by atoms with van der Waals surface area (Å²) in [5, 5.41) is 0. The molecule has 2 aromatic carbocycles. The monoisotopic (exact) mass is 381 g/mol. The first-order chi connectivity index (χ1) is 13.5. The second-order valence-electron chi connectivity index (χ2n) is 7.53. The maximum Gasteiger partial charge on any atom is 0.251 e. The van der Waals surface area contributed by atoms with E-state index in [1.165, 1.54) is 17.0 Å². The number of benzene rings is 2. The molecule has 2 heterocycles. The standard InChI is InChI=1S/C22H24FN3O2/c1-15-4-3-5-16(2)21(15)26-20(27)14-19(22(26)28)25-12-10-24(11-13-25)18-8-6-17(23)7-9-18/h3-9,19H,10-14H2,1-2H3/t19-/m0/s1. The lowest BCUT2D eigenvalue weighted by Gasteiger charge is -2.38. The van der Waals surface area contributed by atoms with Crippen molar-refractivity contribution < 1.29 is 14.0 Å². The normalized spacial score (nSPS) is 20.9. The van der Waals surface area contributed by atoms with Crippen LogP contribution in [0.25, 0.3) is 0 Å². The van der Waals surface area contributed by atoms with E-state index in [1.54, 1.807) is 12.1 Å². The van der Waals surface area contributed by atoms with E-state index in [-0.39, 0.29) is 24.1 Å². The molecule has 146 valence electrons. The maximum absolute atomic E-state index is 13.1. The first-order valence-electron chi connectivity index (χ1n) is 9.63. The van der Waals surface area contributed by atoms with Gasteiger partial charge in [0.15, 0.2) is 0 Å². The van der Waals surface area contributed by atoms with E-state index in [1.807, 2.05) is 32.0 Å². The summed E-state index contributed by atoms with van der Waals surface area (Å²) in [5.74, 6) is -0.505. The molecule has 0 N–H and O–H groups in total. The summed E-state index contributed by atoms with van der Waals surface area (Å²) in [7, 11) is 0. The second-order valence-corrected chi connectivity index (χ2v) is 7.53. The van der Waals surface area contributed by atoms with Gasteiger partial charge in [0.2, 0.25) is 5.91 Å². The van der Waals surface area contributed by atoms with Crippen LogP contribution in [0.15, 0.2) is 42.5 Å². The minimum absolute atomic E-state index is 0.127. The van der Waals surface area contributed by atoms with Crippen molar-refractivity contribution in [3.05, 3.63) is 59.4 Å². The fraction of sp³-hybridized carbons (Fsp3) is 0.364. The van der Waals surface area contributed by atoms with Gasteiger partial charge in [-0.15, -0.1) is 0 Å². The number of rotatable bonds is 3. The highest BCUT2D eigenvalue weighted by Crippen LogP contribution is 2.31. The van der Waals surface area contributed by atoms with Crippen LogP contribution in [0, 0.1) is 19.7 Å². The van der Waals surface area contributed by atoms with Gasteiger partial charge in [-0.2, -0.15) is 0 Å². The third-order valence-electron chi connectivity index (χ3n) is 5.73. The van der Waals surface area contributed by atoms with Crippen molar-refractivity contribution in [1.82, 2.24) is 4.90 Å². The summed E-state index contributed by atoms with van der Waals surface area (Å²) >= 11 is 0. The number of hydrogen-bond acceptors (Lipinski definition) is 4. The van der Waals surface area contributed by atoms with Crippen LogP contribution in [0.4, 0.5) is 15.8 Å². The highest BCUT2D eigenvalue weighted by Gasteiger charge is 2.44. The SMILES string of the molecule is Cc1cccc(C)c1N1C(=O)C[C@H](N2CCN(c3ccc(F)cc3)CC2)C1=O. The van der Waals surface area contributed by atoms with Gasteiger partial charge in [0.05, 0.1) is 18.2 Å². The van der Waals surface area contributed by atoms with Crippen LogP contribution in [0.3, 0.4) is 0 Å². The molecule has 0 radical (unpaired) electrons. The summed E-state index contributed by atoms with van der Waals surface area (Å²) in [4.78, 5) is 31.5. The third-order valence-corrected chi connectivity index (χ3v) is 5.73. The lowest BCUT2D eigenvalue weighted by molar-refractivity contribution is -0.123. The minimum Gasteiger partial charge on any atom is -0.369 e. The van der Waals surface area contributed by atoms with Crippen molar-refractivity contribution in [2.75, 3.05) is 36.0 Å². The van der Waals surface area contributed by atoms with E-state index < -0.39 is 6.04 Å². The number of amides is 2. The first-order valence-corrected chi connectivity index (χ1v) is 9.63. The van der Waals surface area contributed by atoms with Crippen LogP contribution in [-0.2, 0) is 9.59 Å². The predicted molar refractivity (Wildman–Crippen MR) is 107 cm³/mol. The number of halogens is 1. The fourth-order valence-electron chi connectivity index (χ4n) is 4.24. The quantitative estimate of drug-likeness (QED) is 0.767. The number of imide groups is 1. The molecule has 6 heteroatoms. The number of para-hydroxylation sites is 1. The Labute approximate surface area is 164 Å². The molecular weight excluding hydrogens is 357 g/mol. The Morgan fingerprint density at radius 1 is 0.893 bits per heavy atom. The second kappa shape index (κ2) is 7.36. The Balaban J connectivity index is 1.47. The minimum atomic E-state index is -0.401. The summed E-state index contributed by atoms with van der Waals surface area (Å²) in [5.41, 5.74) is 3.57. The zero-order valence-electron chi connectivity index (χ0n) is 16.2. The molecule has 0 unspecified atom stereocenters. The number of anilines is 2. The summed E-state index contributed by atoms with van der Waals surface area (Å²) in [6, 6.07) is 11.9. The zero-order chi connectivity index (χ0) is 19.8. The van der Waals surface area contributed by atoms with Gasteiger partial charge in [-0.05, 0) is 49.2 Å².